The van der Waals surface area contributed by atoms with Gasteiger partial charge >= 0.3 is 0 Å². The molecule has 0 unspecified atom stereocenters. The predicted molar refractivity (Wildman–Crippen MR) is 77.8 cm³/mol. The maximum atomic E-state index is 5.15. The van der Waals surface area contributed by atoms with Crippen LogP contribution >= 0.6 is 11.3 Å². The first-order valence-corrected chi connectivity index (χ1v) is 7.41. The Bertz CT molecular complexity index is 532. The van der Waals surface area contributed by atoms with E-state index in [0.717, 1.165) is 21.5 Å². The van der Waals surface area contributed by atoms with E-state index in [1.54, 1.807) is 18.4 Å². The normalized spacial score (nSPS) is 15.6. The Morgan fingerprint density at radius 1 is 1.16 bits per heavy atom. The van der Waals surface area contributed by atoms with Gasteiger partial charge in [-0.3, -0.25) is 0 Å². The van der Waals surface area contributed by atoms with E-state index in [-0.39, 0.29) is 0 Å². The molecule has 1 aromatic heterocycles. The van der Waals surface area contributed by atoms with Gasteiger partial charge in [0.05, 0.1) is 7.11 Å². The van der Waals surface area contributed by atoms with Gasteiger partial charge in [0.25, 0.3) is 0 Å². The summed E-state index contributed by atoms with van der Waals surface area (Å²) in [6.07, 6.45) is 5.14. The lowest BCUT2D eigenvalue weighted by Crippen LogP contribution is -2.13. The van der Waals surface area contributed by atoms with Crippen LogP contribution in [0.2, 0.25) is 0 Å². The van der Waals surface area contributed by atoms with Crippen molar-refractivity contribution in [2.45, 2.75) is 31.7 Å². The Balaban J connectivity index is 1.72. The highest BCUT2D eigenvalue weighted by Gasteiger charge is 2.16. The molecule has 1 heterocycles. The minimum Gasteiger partial charge on any atom is -0.497 e. The van der Waals surface area contributed by atoms with Crippen LogP contribution in [0.25, 0.3) is 10.6 Å². The van der Waals surface area contributed by atoms with Gasteiger partial charge in [0.15, 0.2) is 0 Å². The van der Waals surface area contributed by atoms with E-state index in [4.69, 9.17) is 4.74 Å². The number of ether oxygens (including phenoxy) is 1. The third kappa shape index (κ3) is 2.87. The smallest absolute Gasteiger partial charge is 0.206 e. The second-order valence-electron chi connectivity index (χ2n) is 4.77. The van der Waals surface area contributed by atoms with E-state index in [9.17, 15) is 0 Å². The molecule has 0 radical (unpaired) electrons. The van der Waals surface area contributed by atoms with Crippen LogP contribution in [-0.4, -0.2) is 23.3 Å². The summed E-state index contributed by atoms with van der Waals surface area (Å²) in [6, 6.07) is 8.50. The SMILES string of the molecule is COc1ccc(-c2nnc(NC3CCCC3)s2)cc1. The van der Waals surface area contributed by atoms with Crippen LogP contribution in [0.3, 0.4) is 0 Å². The molecule has 1 N–H and O–H groups in total. The Morgan fingerprint density at radius 2 is 1.89 bits per heavy atom. The molecule has 5 heteroatoms. The van der Waals surface area contributed by atoms with Gasteiger partial charge in [0, 0.05) is 11.6 Å². The van der Waals surface area contributed by atoms with Crippen LogP contribution in [0.1, 0.15) is 25.7 Å². The zero-order chi connectivity index (χ0) is 13.1. The summed E-state index contributed by atoms with van der Waals surface area (Å²) in [5.41, 5.74) is 1.08. The average molecular weight is 275 g/mol. The summed E-state index contributed by atoms with van der Waals surface area (Å²) in [7, 11) is 1.67. The minimum absolute atomic E-state index is 0.580. The molecular formula is C14H17N3OS. The van der Waals surface area contributed by atoms with Crippen LogP contribution in [-0.2, 0) is 0 Å². The minimum atomic E-state index is 0.580. The monoisotopic (exact) mass is 275 g/mol. The van der Waals surface area contributed by atoms with Crippen molar-refractivity contribution < 1.29 is 4.74 Å². The molecule has 0 bridgehead atoms. The van der Waals surface area contributed by atoms with Crippen LogP contribution in [0.4, 0.5) is 5.13 Å². The fraction of sp³-hybridized carbons (Fsp3) is 0.429. The molecule has 4 nitrogen and oxygen atoms in total. The van der Waals surface area contributed by atoms with Crippen molar-refractivity contribution in [2.24, 2.45) is 0 Å². The van der Waals surface area contributed by atoms with Crippen LogP contribution in [0, 0.1) is 0 Å². The molecule has 100 valence electrons. The maximum Gasteiger partial charge on any atom is 0.206 e. The van der Waals surface area contributed by atoms with Crippen LogP contribution < -0.4 is 10.1 Å². The van der Waals surface area contributed by atoms with Crippen molar-refractivity contribution in [2.75, 3.05) is 12.4 Å². The Labute approximate surface area is 116 Å². The largest absolute Gasteiger partial charge is 0.497 e. The lowest BCUT2D eigenvalue weighted by Gasteiger charge is -2.08. The average Bonchev–Trinajstić information content (AvgIpc) is 3.11. The molecule has 1 saturated carbocycles. The molecule has 0 atom stereocenters. The number of nitrogens with one attached hydrogen (secondary N) is 1. The lowest BCUT2D eigenvalue weighted by molar-refractivity contribution is 0.415. The first-order valence-electron chi connectivity index (χ1n) is 6.59. The number of nitrogens with zero attached hydrogens (tertiary/aromatic N) is 2. The number of hydrogen-bond acceptors (Lipinski definition) is 5. The number of aromatic nitrogens is 2. The highest BCUT2D eigenvalue weighted by Crippen LogP contribution is 2.29. The highest BCUT2D eigenvalue weighted by molar-refractivity contribution is 7.18. The molecule has 19 heavy (non-hydrogen) atoms. The van der Waals surface area contributed by atoms with Crippen LogP contribution in [0.15, 0.2) is 24.3 Å². The number of benzene rings is 1. The van der Waals surface area contributed by atoms with Gasteiger partial charge in [0.2, 0.25) is 5.13 Å². The number of anilines is 1. The van der Waals surface area contributed by atoms with Crippen molar-refractivity contribution in [1.29, 1.82) is 0 Å². The number of hydrogen-bond donors (Lipinski definition) is 1. The van der Waals surface area contributed by atoms with Gasteiger partial charge in [-0.25, -0.2) is 0 Å². The molecule has 1 aliphatic carbocycles. The van der Waals surface area contributed by atoms with E-state index in [0.29, 0.717) is 6.04 Å². The summed E-state index contributed by atoms with van der Waals surface area (Å²) in [5, 5.41) is 13.8. The summed E-state index contributed by atoms with van der Waals surface area (Å²) < 4.78 is 5.15. The lowest BCUT2D eigenvalue weighted by atomic mass is 10.2. The number of rotatable bonds is 4. The Morgan fingerprint density at radius 3 is 2.58 bits per heavy atom. The fourth-order valence-corrected chi connectivity index (χ4v) is 3.20. The summed E-state index contributed by atoms with van der Waals surface area (Å²) >= 11 is 1.61. The van der Waals surface area contributed by atoms with Gasteiger partial charge in [-0.1, -0.05) is 24.2 Å². The topological polar surface area (TPSA) is 47.0 Å². The Hall–Kier alpha value is -1.62. The van der Waals surface area contributed by atoms with E-state index in [1.807, 2.05) is 24.3 Å². The van der Waals surface area contributed by atoms with Crippen molar-refractivity contribution >= 4 is 16.5 Å². The second kappa shape index (κ2) is 5.57. The highest BCUT2D eigenvalue weighted by atomic mass is 32.1. The molecule has 0 spiro atoms. The van der Waals surface area contributed by atoms with Crippen molar-refractivity contribution in [3.05, 3.63) is 24.3 Å². The standard InChI is InChI=1S/C14H17N3OS/c1-18-12-8-6-10(7-9-12)13-16-17-14(19-13)15-11-4-2-3-5-11/h6-9,11H,2-5H2,1H3,(H,15,17). The number of methoxy groups -OCH3 is 1. The Kier molecular flexibility index (Phi) is 3.64. The molecule has 3 rings (SSSR count). The van der Waals surface area contributed by atoms with Crippen molar-refractivity contribution in [3.8, 4) is 16.3 Å². The second-order valence-corrected chi connectivity index (χ2v) is 5.74. The van der Waals surface area contributed by atoms with E-state index >= 15 is 0 Å². The van der Waals surface area contributed by atoms with Gasteiger partial charge in [-0.05, 0) is 37.1 Å². The zero-order valence-corrected chi connectivity index (χ0v) is 11.7. The molecule has 1 aromatic carbocycles. The van der Waals surface area contributed by atoms with Gasteiger partial charge in [0.1, 0.15) is 10.8 Å². The van der Waals surface area contributed by atoms with Crippen molar-refractivity contribution in [1.82, 2.24) is 10.2 Å². The van der Waals surface area contributed by atoms with E-state index in [2.05, 4.69) is 15.5 Å². The quantitative estimate of drug-likeness (QED) is 0.926. The van der Waals surface area contributed by atoms with Gasteiger partial charge in [-0.2, -0.15) is 0 Å². The zero-order valence-electron chi connectivity index (χ0n) is 10.9. The molecule has 0 saturated heterocycles. The van der Waals surface area contributed by atoms with E-state index in [1.165, 1.54) is 25.7 Å². The summed E-state index contributed by atoms with van der Waals surface area (Å²) in [6.45, 7) is 0. The van der Waals surface area contributed by atoms with Crippen molar-refractivity contribution in [3.63, 3.8) is 0 Å². The molecular weight excluding hydrogens is 258 g/mol. The summed E-state index contributed by atoms with van der Waals surface area (Å²) in [4.78, 5) is 0. The van der Waals surface area contributed by atoms with Gasteiger partial charge in [-0.15, -0.1) is 10.2 Å². The first kappa shape index (κ1) is 12.4. The predicted octanol–water partition coefficient (Wildman–Crippen LogP) is 3.57. The molecule has 0 amide bonds. The molecule has 2 aromatic rings. The third-order valence-corrected chi connectivity index (χ3v) is 4.35. The third-order valence-electron chi connectivity index (χ3n) is 3.44. The molecule has 1 fully saturated rings. The fourth-order valence-electron chi connectivity index (χ4n) is 2.38. The summed E-state index contributed by atoms with van der Waals surface area (Å²) in [5.74, 6) is 0.859. The first-order chi connectivity index (χ1) is 9.35. The molecule has 1 aliphatic rings. The van der Waals surface area contributed by atoms with E-state index < -0.39 is 0 Å². The maximum absolute atomic E-state index is 5.15. The van der Waals surface area contributed by atoms with Crippen LogP contribution in [0.5, 0.6) is 5.75 Å². The van der Waals surface area contributed by atoms with Gasteiger partial charge < -0.3 is 10.1 Å². The molecule has 0 aliphatic heterocycles.